The van der Waals surface area contributed by atoms with Gasteiger partial charge in [-0.1, -0.05) is 6.07 Å². The second-order valence-corrected chi connectivity index (χ2v) is 7.59. The molecule has 0 spiro atoms. The van der Waals surface area contributed by atoms with Gasteiger partial charge in [-0.2, -0.15) is 0 Å². The Hall–Kier alpha value is -2.87. The van der Waals surface area contributed by atoms with E-state index in [2.05, 4.69) is 19.9 Å². The maximum atomic E-state index is 13.1. The molecule has 0 aromatic carbocycles. The molecule has 4 heterocycles. The third kappa shape index (κ3) is 3.52. The van der Waals surface area contributed by atoms with Crippen LogP contribution in [0.1, 0.15) is 46.2 Å². The fourth-order valence-corrected chi connectivity index (χ4v) is 4.00. The molecular weight excluding hydrogens is 362 g/mol. The fourth-order valence-electron chi connectivity index (χ4n) is 3.40. The molecule has 0 unspecified atom stereocenters. The number of carbonyl (C=O) groups excluding carboxylic acids is 1. The number of H-pyrrole nitrogens is 1. The molecule has 0 radical (unpaired) electrons. The van der Waals surface area contributed by atoms with Gasteiger partial charge in [0.2, 0.25) is 0 Å². The van der Waals surface area contributed by atoms with Crippen LogP contribution in [0.25, 0.3) is 11.5 Å². The summed E-state index contributed by atoms with van der Waals surface area (Å²) in [4.78, 5) is 42.9. The number of hydrogen-bond acceptors (Lipinski definition) is 6. The van der Waals surface area contributed by atoms with E-state index in [1.165, 1.54) is 17.5 Å². The summed E-state index contributed by atoms with van der Waals surface area (Å²) in [5.74, 6) is 0.0849. The Morgan fingerprint density at radius 1 is 1.33 bits per heavy atom. The molecule has 8 heteroatoms. The lowest BCUT2D eigenvalue weighted by atomic mass is 9.96. The van der Waals surface area contributed by atoms with Gasteiger partial charge in [0.15, 0.2) is 5.82 Å². The topological polar surface area (TPSA) is 91.8 Å². The van der Waals surface area contributed by atoms with Gasteiger partial charge in [0.1, 0.15) is 11.3 Å². The van der Waals surface area contributed by atoms with Gasteiger partial charge in [-0.15, -0.1) is 11.3 Å². The second-order valence-electron chi connectivity index (χ2n) is 6.52. The molecule has 1 fully saturated rings. The smallest absolute Gasteiger partial charge is 0.264 e. The number of aryl methyl sites for hydroxylation is 1. The van der Waals surface area contributed by atoms with Crippen LogP contribution in [0.15, 0.2) is 40.9 Å². The highest BCUT2D eigenvalue weighted by atomic mass is 32.1. The number of nitrogens with zero attached hydrogens (tertiary/aromatic N) is 4. The van der Waals surface area contributed by atoms with Gasteiger partial charge in [-0.25, -0.2) is 9.97 Å². The number of likely N-dealkylation sites (tertiary alicyclic amines) is 1. The summed E-state index contributed by atoms with van der Waals surface area (Å²) < 4.78 is 0. The average Bonchev–Trinajstić information content (AvgIpc) is 3.14. The number of rotatable bonds is 3. The van der Waals surface area contributed by atoms with Crippen molar-refractivity contribution in [3.63, 3.8) is 0 Å². The molecule has 0 aliphatic carbocycles. The predicted molar refractivity (Wildman–Crippen MR) is 103 cm³/mol. The first kappa shape index (κ1) is 17.5. The number of thiazole rings is 1. The predicted octanol–water partition coefficient (Wildman–Crippen LogP) is 2.96. The Kier molecular flexibility index (Phi) is 4.81. The molecule has 138 valence electrons. The molecular formula is C19H19N5O2S. The van der Waals surface area contributed by atoms with Gasteiger partial charge in [-0.05, 0) is 37.8 Å². The summed E-state index contributed by atoms with van der Waals surface area (Å²) in [6, 6.07) is 3.77. The van der Waals surface area contributed by atoms with Crippen LogP contribution in [0.5, 0.6) is 0 Å². The van der Waals surface area contributed by atoms with Crippen molar-refractivity contribution < 1.29 is 4.79 Å². The maximum Gasteiger partial charge on any atom is 0.264 e. The van der Waals surface area contributed by atoms with Crippen LogP contribution in [0.2, 0.25) is 0 Å². The first-order valence-corrected chi connectivity index (χ1v) is 9.74. The Bertz CT molecular complexity index is 1010. The van der Waals surface area contributed by atoms with E-state index in [1.807, 2.05) is 24.4 Å². The molecule has 27 heavy (non-hydrogen) atoms. The van der Waals surface area contributed by atoms with Crippen molar-refractivity contribution >= 4 is 17.2 Å². The van der Waals surface area contributed by atoms with Crippen molar-refractivity contribution in [2.24, 2.45) is 0 Å². The van der Waals surface area contributed by atoms with E-state index in [0.29, 0.717) is 18.1 Å². The maximum absolute atomic E-state index is 13.1. The highest BCUT2D eigenvalue weighted by molar-refractivity contribution is 7.09. The van der Waals surface area contributed by atoms with Gasteiger partial charge in [0, 0.05) is 30.5 Å². The van der Waals surface area contributed by atoms with Crippen LogP contribution >= 0.6 is 11.3 Å². The first-order valence-electron chi connectivity index (χ1n) is 8.86. The molecule has 1 N–H and O–H groups in total. The molecule has 1 aliphatic rings. The molecule has 3 aromatic heterocycles. The summed E-state index contributed by atoms with van der Waals surface area (Å²) in [6.07, 6.45) is 7.68. The van der Waals surface area contributed by atoms with Crippen molar-refractivity contribution in [1.82, 2.24) is 24.8 Å². The van der Waals surface area contributed by atoms with Gasteiger partial charge in [0.25, 0.3) is 11.5 Å². The second kappa shape index (κ2) is 7.40. The van der Waals surface area contributed by atoms with Crippen molar-refractivity contribution in [1.29, 1.82) is 0 Å². The summed E-state index contributed by atoms with van der Waals surface area (Å²) in [5, 5.41) is 2.72. The zero-order chi connectivity index (χ0) is 18.8. The number of aromatic amines is 1. The third-order valence-electron chi connectivity index (χ3n) is 4.72. The number of carbonyl (C=O) groups is 1. The van der Waals surface area contributed by atoms with Crippen LogP contribution in [0.3, 0.4) is 0 Å². The van der Waals surface area contributed by atoms with Crippen LogP contribution in [-0.2, 0) is 0 Å². The summed E-state index contributed by atoms with van der Waals surface area (Å²) >= 11 is 1.48. The van der Waals surface area contributed by atoms with Gasteiger partial charge in [-0.3, -0.25) is 14.6 Å². The Labute approximate surface area is 160 Å². The zero-order valence-electron chi connectivity index (χ0n) is 14.9. The van der Waals surface area contributed by atoms with Crippen LogP contribution in [0.4, 0.5) is 0 Å². The molecule has 0 saturated carbocycles. The normalized spacial score (nSPS) is 17.1. The summed E-state index contributed by atoms with van der Waals surface area (Å²) in [7, 11) is 0. The van der Waals surface area contributed by atoms with Gasteiger partial charge in [0.05, 0.1) is 11.0 Å². The molecule has 3 aromatic rings. The van der Waals surface area contributed by atoms with Crippen molar-refractivity contribution in [3.8, 4) is 11.5 Å². The number of aromatic nitrogens is 4. The summed E-state index contributed by atoms with van der Waals surface area (Å²) in [6.45, 7) is 2.50. The van der Waals surface area contributed by atoms with E-state index in [4.69, 9.17) is 0 Å². The van der Waals surface area contributed by atoms with Gasteiger partial charge < -0.3 is 9.88 Å². The van der Waals surface area contributed by atoms with E-state index in [0.717, 1.165) is 29.8 Å². The van der Waals surface area contributed by atoms with E-state index in [-0.39, 0.29) is 17.5 Å². The third-order valence-corrected chi connectivity index (χ3v) is 5.50. The zero-order valence-corrected chi connectivity index (χ0v) is 15.7. The van der Waals surface area contributed by atoms with Crippen molar-refractivity contribution in [2.45, 2.75) is 32.2 Å². The SMILES string of the molecule is Cc1nc(-c2ncc(C(=O)N3CCCC[C@H]3c3cccnc3)c(=O)[nH]2)cs1. The molecule has 0 bridgehead atoms. The highest BCUT2D eigenvalue weighted by Crippen LogP contribution is 2.31. The van der Waals surface area contributed by atoms with E-state index < -0.39 is 5.56 Å². The van der Waals surface area contributed by atoms with E-state index in [1.54, 1.807) is 17.3 Å². The molecule has 1 amide bonds. The van der Waals surface area contributed by atoms with Crippen molar-refractivity contribution in [2.75, 3.05) is 6.54 Å². The van der Waals surface area contributed by atoms with E-state index >= 15 is 0 Å². The lowest BCUT2D eigenvalue weighted by Gasteiger charge is -2.35. The first-order chi connectivity index (χ1) is 13.1. The molecule has 4 rings (SSSR count). The standard InChI is InChI=1S/C19H19N5O2S/c1-12-22-15(11-27-12)17-21-10-14(18(25)23-17)19(26)24-8-3-2-6-16(24)13-5-4-7-20-9-13/h4-5,7,9-11,16H,2-3,6,8H2,1H3,(H,21,23,25)/t16-/m0/s1. The van der Waals surface area contributed by atoms with Crippen molar-refractivity contribution in [3.05, 3.63) is 62.6 Å². The van der Waals surface area contributed by atoms with E-state index in [9.17, 15) is 9.59 Å². The molecule has 1 aliphatic heterocycles. The number of amides is 1. The minimum atomic E-state index is -0.439. The number of piperidine rings is 1. The molecule has 1 saturated heterocycles. The largest absolute Gasteiger partial charge is 0.331 e. The lowest BCUT2D eigenvalue weighted by molar-refractivity contribution is 0.0609. The summed E-state index contributed by atoms with van der Waals surface area (Å²) in [5.41, 5.74) is 1.22. The Morgan fingerprint density at radius 2 is 2.22 bits per heavy atom. The monoisotopic (exact) mass is 381 g/mol. The molecule has 1 atom stereocenters. The van der Waals surface area contributed by atoms with Crippen LogP contribution < -0.4 is 5.56 Å². The number of hydrogen-bond donors (Lipinski definition) is 1. The number of pyridine rings is 1. The number of nitrogens with one attached hydrogen (secondary N) is 1. The lowest BCUT2D eigenvalue weighted by Crippen LogP contribution is -2.40. The highest BCUT2D eigenvalue weighted by Gasteiger charge is 2.30. The molecule has 7 nitrogen and oxygen atoms in total. The van der Waals surface area contributed by atoms with Crippen LogP contribution in [0, 0.1) is 6.92 Å². The fraction of sp³-hybridized carbons (Fsp3) is 0.316. The minimum Gasteiger partial charge on any atom is -0.331 e. The quantitative estimate of drug-likeness (QED) is 0.753. The van der Waals surface area contributed by atoms with Gasteiger partial charge >= 0.3 is 0 Å². The Morgan fingerprint density at radius 3 is 2.93 bits per heavy atom. The average molecular weight is 381 g/mol. The van der Waals surface area contributed by atoms with Crippen LogP contribution in [-0.4, -0.2) is 37.3 Å². The minimum absolute atomic E-state index is 0.0569. The Balaban J connectivity index is 1.64.